The van der Waals surface area contributed by atoms with Gasteiger partial charge in [0.1, 0.15) is 5.52 Å². The normalized spacial score (nSPS) is 19.0. The van der Waals surface area contributed by atoms with Gasteiger partial charge in [-0.15, -0.1) is 0 Å². The Morgan fingerprint density at radius 3 is 2.72 bits per heavy atom. The molecule has 32 heavy (non-hydrogen) atoms. The molecule has 2 aliphatic heterocycles. The number of nitrogens with one attached hydrogen (secondary N) is 1. The number of rotatable bonds is 4. The third-order valence-corrected chi connectivity index (χ3v) is 7.43. The minimum Gasteiger partial charge on any atom is -0.465 e. The van der Waals surface area contributed by atoms with Crippen LogP contribution in [0.3, 0.4) is 0 Å². The van der Waals surface area contributed by atoms with E-state index in [0.717, 1.165) is 27.8 Å². The van der Waals surface area contributed by atoms with E-state index in [4.69, 9.17) is 4.74 Å². The lowest BCUT2D eigenvalue weighted by molar-refractivity contribution is -0.141. The average molecular weight is 456 g/mol. The van der Waals surface area contributed by atoms with Gasteiger partial charge in [-0.2, -0.15) is 0 Å². The van der Waals surface area contributed by atoms with Gasteiger partial charge in [-0.25, -0.2) is 8.42 Å². The molecule has 2 aliphatic rings. The van der Waals surface area contributed by atoms with Crippen molar-refractivity contribution in [2.24, 2.45) is 13.0 Å². The standard InChI is InChI=1S/C23H25N3O5S/c1-13(16-6-7-31-23(16)28)26-10-15-9-24-21-20(15)18(11-25(2)22(21)27)17-8-14(4-5-19(17)26)12-32(3,29)30/h4-5,8-9,11,13,16,24H,6-7,10,12H2,1-3H3. The Bertz CT molecular complexity index is 1420. The third-order valence-electron chi connectivity index (χ3n) is 6.57. The summed E-state index contributed by atoms with van der Waals surface area (Å²) in [6.07, 6.45) is 5.54. The lowest BCUT2D eigenvalue weighted by Gasteiger charge is -2.34. The van der Waals surface area contributed by atoms with Crippen molar-refractivity contribution in [2.75, 3.05) is 17.8 Å². The van der Waals surface area contributed by atoms with Gasteiger partial charge in [-0.3, -0.25) is 9.59 Å². The Kier molecular flexibility index (Phi) is 4.70. The molecule has 5 rings (SSSR count). The fraction of sp³-hybridized carbons (Fsp3) is 0.391. The van der Waals surface area contributed by atoms with Crippen molar-refractivity contribution >= 4 is 32.4 Å². The second-order valence-electron chi connectivity index (χ2n) is 8.88. The van der Waals surface area contributed by atoms with E-state index in [1.165, 1.54) is 6.26 Å². The summed E-state index contributed by atoms with van der Waals surface area (Å²) in [6.45, 7) is 2.96. The highest BCUT2D eigenvalue weighted by Crippen LogP contribution is 2.43. The van der Waals surface area contributed by atoms with Crippen molar-refractivity contribution in [3.8, 4) is 11.1 Å². The zero-order valence-corrected chi connectivity index (χ0v) is 19.0. The number of cyclic esters (lactones) is 1. The van der Waals surface area contributed by atoms with E-state index in [9.17, 15) is 18.0 Å². The topological polar surface area (TPSA) is 101 Å². The molecule has 0 saturated carbocycles. The number of carbonyl (C=O) groups excluding carboxylic acids is 1. The number of aromatic nitrogens is 2. The van der Waals surface area contributed by atoms with Crippen LogP contribution in [0.4, 0.5) is 5.69 Å². The fourth-order valence-corrected chi connectivity index (χ4v) is 5.79. The van der Waals surface area contributed by atoms with E-state index in [-0.39, 0.29) is 29.2 Å². The number of hydrogen-bond donors (Lipinski definition) is 1. The molecular formula is C23H25N3O5S. The Labute approximate surface area is 185 Å². The van der Waals surface area contributed by atoms with Crippen LogP contribution in [0.1, 0.15) is 24.5 Å². The largest absolute Gasteiger partial charge is 0.465 e. The highest BCUT2D eigenvalue weighted by atomic mass is 32.2. The summed E-state index contributed by atoms with van der Waals surface area (Å²) in [4.78, 5) is 30.4. The summed E-state index contributed by atoms with van der Waals surface area (Å²) < 4.78 is 30.7. The minimum absolute atomic E-state index is 0.0698. The molecule has 168 valence electrons. The number of benzene rings is 1. The Balaban J connectivity index is 1.76. The van der Waals surface area contributed by atoms with E-state index in [1.54, 1.807) is 11.6 Å². The van der Waals surface area contributed by atoms with Crippen LogP contribution in [-0.4, -0.2) is 42.8 Å². The number of pyridine rings is 1. The molecule has 0 spiro atoms. The van der Waals surface area contributed by atoms with Gasteiger partial charge in [0.05, 0.1) is 18.3 Å². The first-order chi connectivity index (χ1) is 15.1. The maximum atomic E-state index is 12.8. The minimum atomic E-state index is -3.22. The smallest absolute Gasteiger partial charge is 0.311 e. The lowest BCUT2D eigenvalue weighted by atomic mass is 9.96. The second-order valence-corrected chi connectivity index (χ2v) is 11.0. The molecular weight excluding hydrogens is 430 g/mol. The number of esters is 1. The number of aryl methyl sites for hydroxylation is 1. The number of anilines is 1. The van der Waals surface area contributed by atoms with Gasteiger partial charge in [-0.05, 0) is 36.6 Å². The van der Waals surface area contributed by atoms with E-state index >= 15 is 0 Å². The predicted molar refractivity (Wildman–Crippen MR) is 122 cm³/mol. The first-order valence-corrected chi connectivity index (χ1v) is 12.6. The Morgan fingerprint density at radius 1 is 1.25 bits per heavy atom. The number of hydrogen-bond acceptors (Lipinski definition) is 6. The first-order valence-electron chi connectivity index (χ1n) is 10.6. The van der Waals surface area contributed by atoms with Gasteiger partial charge >= 0.3 is 5.97 Å². The number of nitrogens with zero attached hydrogens (tertiary/aromatic N) is 2. The molecule has 0 bridgehead atoms. The van der Waals surface area contributed by atoms with Crippen molar-refractivity contribution in [1.29, 1.82) is 0 Å². The SMILES string of the molecule is CC(C1CCOC1=O)N1Cc2c[nH]c3c(=O)n(C)cc(c23)-c2cc(CS(C)(=O)=O)ccc21. The molecule has 2 unspecified atom stereocenters. The molecule has 0 radical (unpaired) electrons. The predicted octanol–water partition coefficient (Wildman–Crippen LogP) is 2.35. The highest BCUT2D eigenvalue weighted by Gasteiger charge is 2.37. The second kappa shape index (κ2) is 7.23. The van der Waals surface area contributed by atoms with Gasteiger partial charge in [-0.1, -0.05) is 6.07 Å². The van der Waals surface area contributed by atoms with Crippen molar-refractivity contribution in [2.45, 2.75) is 31.7 Å². The number of carbonyl (C=O) groups is 1. The molecule has 0 aliphatic carbocycles. The van der Waals surface area contributed by atoms with Crippen LogP contribution in [0.25, 0.3) is 22.0 Å². The van der Waals surface area contributed by atoms with Crippen LogP contribution < -0.4 is 10.5 Å². The zero-order chi connectivity index (χ0) is 22.8. The van der Waals surface area contributed by atoms with Crippen molar-refractivity contribution in [3.63, 3.8) is 0 Å². The first kappa shape index (κ1) is 20.8. The summed E-state index contributed by atoms with van der Waals surface area (Å²) in [6, 6.07) is 5.52. The number of sulfone groups is 1. The molecule has 1 aromatic carbocycles. The lowest BCUT2D eigenvalue weighted by Crippen LogP contribution is -2.40. The van der Waals surface area contributed by atoms with Gasteiger partial charge in [0.15, 0.2) is 9.84 Å². The number of aromatic amines is 1. The molecule has 1 fully saturated rings. The van der Waals surface area contributed by atoms with Gasteiger partial charge in [0, 0.05) is 60.5 Å². The van der Waals surface area contributed by atoms with Crippen LogP contribution in [0, 0.1) is 5.92 Å². The molecule has 1 saturated heterocycles. The summed E-state index contributed by atoms with van der Waals surface area (Å²) in [5, 5.41) is 0.842. The van der Waals surface area contributed by atoms with Crippen molar-refractivity contribution in [3.05, 3.63) is 52.1 Å². The Hall–Kier alpha value is -3.07. The van der Waals surface area contributed by atoms with E-state index in [1.807, 2.05) is 37.5 Å². The van der Waals surface area contributed by atoms with E-state index in [2.05, 4.69) is 9.88 Å². The highest BCUT2D eigenvalue weighted by molar-refractivity contribution is 7.89. The van der Waals surface area contributed by atoms with Gasteiger partial charge in [0.2, 0.25) is 0 Å². The number of fused-ring (bicyclic) bond motifs is 2. The van der Waals surface area contributed by atoms with Crippen LogP contribution in [-0.2, 0) is 38.7 Å². The van der Waals surface area contributed by atoms with Crippen LogP contribution in [0.5, 0.6) is 0 Å². The van der Waals surface area contributed by atoms with Gasteiger partial charge < -0.3 is 19.2 Å². The monoisotopic (exact) mass is 455 g/mol. The molecule has 1 N–H and O–H groups in total. The quantitative estimate of drug-likeness (QED) is 0.606. The molecule has 2 atom stereocenters. The maximum Gasteiger partial charge on any atom is 0.311 e. The fourth-order valence-electron chi connectivity index (χ4n) is 5.00. The molecule has 4 heterocycles. The van der Waals surface area contributed by atoms with E-state index < -0.39 is 9.84 Å². The molecule has 0 amide bonds. The molecule has 8 nitrogen and oxygen atoms in total. The van der Waals surface area contributed by atoms with Crippen molar-refractivity contribution < 1.29 is 17.9 Å². The zero-order valence-electron chi connectivity index (χ0n) is 18.2. The number of H-pyrrole nitrogens is 1. The average Bonchev–Trinajstić information content (AvgIpc) is 3.31. The van der Waals surface area contributed by atoms with Gasteiger partial charge in [0.25, 0.3) is 5.56 Å². The third kappa shape index (κ3) is 3.31. The summed E-state index contributed by atoms with van der Waals surface area (Å²) in [7, 11) is -1.51. The number of ether oxygens (including phenoxy) is 1. The van der Waals surface area contributed by atoms with Crippen LogP contribution in [0.2, 0.25) is 0 Å². The maximum absolute atomic E-state index is 12.8. The van der Waals surface area contributed by atoms with Crippen molar-refractivity contribution in [1.82, 2.24) is 9.55 Å². The molecule has 2 aromatic heterocycles. The molecule has 9 heteroatoms. The van der Waals surface area contributed by atoms with Crippen LogP contribution >= 0.6 is 0 Å². The summed E-state index contributed by atoms with van der Waals surface area (Å²) in [5.41, 5.74) is 4.67. The molecule has 3 aromatic rings. The Morgan fingerprint density at radius 2 is 2.03 bits per heavy atom. The summed E-state index contributed by atoms with van der Waals surface area (Å²) >= 11 is 0. The van der Waals surface area contributed by atoms with Crippen LogP contribution in [0.15, 0.2) is 35.4 Å². The van der Waals surface area contributed by atoms with E-state index in [0.29, 0.717) is 30.7 Å². The summed E-state index contributed by atoms with van der Waals surface area (Å²) in [5.74, 6) is -0.512.